The van der Waals surface area contributed by atoms with Crippen LogP contribution >= 0.6 is 11.8 Å². The van der Waals surface area contributed by atoms with Crippen molar-refractivity contribution in [3.8, 4) is 22.9 Å². The Bertz CT molecular complexity index is 989. The highest BCUT2D eigenvalue weighted by molar-refractivity contribution is 7.98. The lowest BCUT2D eigenvalue weighted by atomic mass is 10.1. The number of ether oxygens (including phenoxy) is 3. The lowest BCUT2D eigenvalue weighted by molar-refractivity contribution is 0.189. The summed E-state index contributed by atoms with van der Waals surface area (Å²) < 4.78 is 23.5. The fourth-order valence-corrected chi connectivity index (χ4v) is 3.95. The Morgan fingerprint density at radius 3 is 2.62 bits per heavy atom. The summed E-state index contributed by atoms with van der Waals surface area (Å²) in [5.41, 5.74) is 0.896. The van der Waals surface area contributed by atoms with Crippen LogP contribution in [0.2, 0.25) is 0 Å². The quantitative estimate of drug-likeness (QED) is 0.273. The third-order valence-electron chi connectivity index (χ3n) is 4.87. The van der Waals surface area contributed by atoms with E-state index in [-0.39, 0.29) is 0 Å². The maximum Gasteiger partial charge on any atom is 0.237 e. The second kappa shape index (κ2) is 11.9. The molecule has 0 N–H and O–H groups in total. The van der Waals surface area contributed by atoms with Crippen molar-refractivity contribution < 1.29 is 18.7 Å². The lowest BCUT2D eigenvalue weighted by Gasteiger charge is -2.12. The van der Waals surface area contributed by atoms with Crippen molar-refractivity contribution in [3.63, 3.8) is 0 Å². The smallest absolute Gasteiger partial charge is 0.237 e. The Morgan fingerprint density at radius 1 is 1.09 bits per heavy atom. The summed E-state index contributed by atoms with van der Waals surface area (Å²) in [6.07, 6.45) is 2.69. The molecule has 3 aromatic rings. The average molecular weight is 462 g/mol. The van der Waals surface area contributed by atoms with Crippen LogP contribution < -0.4 is 9.47 Å². The Labute approximate surface area is 192 Å². The first kappa shape index (κ1) is 24.1. The third-order valence-corrected chi connectivity index (χ3v) is 5.82. The highest BCUT2D eigenvalue weighted by Crippen LogP contribution is 2.33. The minimum Gasteiger partial charge on any atom is -0.493 e. The standard InChI is InChI=1S/C22H31N5O4S/c1-15(2)7-10-19-23-20(31-26-19)14-32-22-25-24-21(27(22)11-6-12-28-3)16-8-9-17(29-4)18(13-16)30-5/h8-9,13,15H,6-7,10-12,14H2,1-5H3. The molecule has 0 aliphatic rings. The van der Waals surface area contributed by atoms with Crippen LogP contribution in [-0.4, -0.2) is 52.8 Å². The molecule has 9 nitrogen and oxygen atoms in total. The van der Waals surface area contributed by atoms with Gasteiger partial charge in [0.05, 0.1) is 20.0 Å². The van der Waals surface area contributed by atoms with Gasteiger partial charge in [-0.15, -0.1) is 10.2 Å². The van der Waals surface area contributed by atoms with Crippen LogP contribution in [-0.2, 0) is 23.5 Å². The van der Waals surface area contributed by atoms with Crippen molar-refractivity contribution in [2.45, 2.75) is 50.6 Å². The van der Waals surface area contributed by atoms with E-state index in [1.165, 1.54) is 11.8 Å². The second-order valence-corrected chi connectivity index (χ2v) is 8.64. The first-order valence-corrected chi connectivity index (χ1v) is 11.6. The SMILES string of the molecule is COCCCn1c(SCc2nc(CCC(C)C)no2)nnc1-c1ccc(OC)c(OC)c1. The predicted molar refractivity (Wildman–Crippen MR) is 122 cm³/mol. The minimum atomic E-state index is 0.531. The van der Waals surface area contributed by atoms with Gasteiger partial charge in [0, 0.05) is 32.2 Å². The monoisotopic (exact) mass is 461 g/mol. The van der Waals surface area contributed by atoms with E-state index in [4.69, 9.17) is 18.7 Å². The highest BCUT2D eigenvalue weighted by Gasteiger charge is 2.18. The third kappa shape index (κ3) is 6.23. The molecule has 0 amide bonds. The number of rotatable bonds is 13. The van der Waals surface area contributed by atoms with Crippen molar-refractivity contribution in [1.29, 1.82) is 0 Å². The molecule has 1 aromatic carbocycles. The molecule has 32 heavy (non-hydrogen) atoms. The first-order valence-electron chi connectivity index (χ1n) is 10.6. The van der Waals surface area contributed by atoms with Gasteiger partial charge in [-0.3, -0.25) is 0 Å². The predicted octanol–water partition coefficient (Wildman–Crippen LogP) is 4.26. The fourth-order valence-electron chi connectivity index (χ4n) is 3.15. The molecule has 0 aliphatic heterocycles. The molecule has 174 valence electrons. The Hall–Kier alpha value is -2.59. The Morgan fingerprint density at radius 2 is 1.91 bits per heavy atom. The van der Waals surface area contributed by atoms with Crippen molar-refractivity contribution in [2.75, 3.05) is 27.9 Å². The molecule has 0 unspecified atom stereocenters. The van der Waals surface area contributed by atoms with Crippen molar-refractivity contribution >= 4 is 11.8 Å². The van der Waals surface area contributed by atoms with Gasteiger partial charge in [-0.1, -0.05) is 30.8 Å². The number of thioether (sulfide) groups is 1. The van der Waals surface area contributed by atoms with Gasteiger partial charge in [-0.2, -0.15) is 4.98 Å². The summed E-state index contributed by atoms with van der Waals surface area (Å²) in [5.74, 6) is 4.55. The van der Waals surface area contributed by atoms with E-state index in [1.807, 2.05) is 18.2 Å². The molecular formula is C22H31N5O4S. The number of aromatic nitrogens is 5. The van der Waals surface area contributed by atoms with Crippen LogP contribution in [0, 0.1) is 5.92 Å². The summed E-state index contributed by atoms with van der Waals surface area (Å²) in [5, 5.41) is 13.7. The van der Waals surface area contributed by atoms with Crippen LogP contribution in [0.15, 0.2) is 27.9 Å². The van der Waals surface area contributed by atoms with Crippen LogP contribution in [0.1, 0.15) is 38.4 Å². The molecule has 3 rings (SSSR count). The van der Waals surface area contributed by atoms with E-state index >= 15 is 0 Å². The van der Waals surface area contributed by atoms with Crippen molar-refractivity contribution in [3.05, 3.63) is 29.9 Å². The molecule has 0 radical (unpaired) electrons. The van der Waals surface area contributed by atoms with Gasteiger partial charge >= 0.3 is 0 Å². The van der Waals surface area contributed by atoms with Gasteiger partial charge in [-0.05, 0) is 37.0 Å². The van der Waals surface area contributed by atoms with Crippen LogP contribution in [0.5, 0.6) is 11.5 Å². The average Bonchev–Trinajstić information content (AvgIpc) is 3.42. The summed E-state index contributed by atoms with van der Waals surface area (Å²) in [7, 11) is 4.93. The van der Waals surface area contributed by atoms with E-state index in [9.17, 15) is 0 Å². The normalized spacial score (nSPS) is 11.3. The number of nitrogens with zero attached hydrogens (tertiary/aromatic N) is 5. The lowest BCUT2D eigenvalue weighted by Crippen LogP contribution is -2.05. The number of aryl methyl sites for hydroxylation is 1. The maximum absolute atomic E-state index is 5.45. The number of methoxy groups -OCH3 is 3. The first-order chi connectivity index (χ1) is 15.5. The maximum atomic E-state index is 5.45. The zero-order chi connectivity index (χ0) is 22.9. The second-order valence-electron chi connectivity index (χ2n) is 7.70. The molecule has 0 spiro atoms. The summed E-state index contributed by atoms with van der Waals surface area (Å²) in [4.78, 5) is 4.50. The molecule has 0 saturated carbocycles. The Kier molecular flexibility index (Phi) is 8.92. The summed E-state index contributed by atoms with van der Waals surface area (Å²) in [6, 6.07) is 5.72. The number of hydrogen-bond donors (Lipinski definition) is 0. The topological polar surface area (TPSA) is 97.3 Å². The van der Waals surface area contributed by atoms with Crippen LogP contribution in [0.3, 0.4) is 0 Å². The van der Waals surface area contributed by atoms with Crippen molar-refractivity contribution in [1.82, 2.24) is 24.9 Å². The fraction of sp³-hybridized carbons (Fsp3) is 0.545. The summed E-state index contributed by atoms with van der Waals surface area (Å²) >= 11 is 1.53. The van der Waals surface area contributed by atoms with Gasteiger partial charge in [0.15, 0.2) is 28.3 Å². The molecule has 0 atom stereocenters. The van der Waals surface area contributed by atoms with Gasteiger partial charge in [0.2, 0.25) is 5.89 Å². The van der Waals surface area contributed by atoms with Gasteiger partial charge in [0.1, 0.15) is 0 Å². The van der Waals surface area contributed by atoms with E-state index in [1.54, 1.807) is 21.3 Å². The van der Waals surface area contributed by atoms with Gasteiger partial charge in [-0.25, -0.2) is 0 Å². The largest absolute Gasteiger partial charge is 0.493 e. The molecule has 0 saturated heterocycles. The highest BCUT2D eigenvalue weighted by atomic mass is 32.2. The summed E-state index contributed by atoms with van der Waals surface area (Å²) in [6.45, 7) is 5.74. The molecule has 0 aliphatic carbocycles. The van der Waals surface area contributed by atoms with E-state index in [2.05, 4.69) is 38.8 Å². The molecule has 2 heterocycles. The molecule has 0 fully saturated rings. The van der Waals surface area contributed by atoms with Gasteiger partial charge in [0.25, 0.3) is 0 Å². The molecule has 2 aromatic heterocycles. The number of benzene rings is 1. The van der Waals surface area contributed by atoms with Crippen LogP contribution in [0.4, 0.5) is 0 Å². The molecular weight excluding hydrogens is 430 g/mol. The van der Waals surface area contributed by atoms with E-state index in [0.29, 0.717) is 35.7 Å². The van der Waals surface area contributed by atoms with E-state index in [0.717, 1.165) is 48.2 Å². The zero-order valence-electron chi connectivity index (χ0n) is 19.3. The zero-order valence-corrected chi connectivity index (χ0v) is 20.1. The van der Waals surface area contributed by atoms with E-state index < -0.39 is 0 Å². The number of hydrogen-bond acceptors (Lipinski definition) is 9. The molecule has 0 bridgehead atoms. The van der Waals surface area contributed by atoms with Crippen molar-refractivity contribution in [2.24, 2.45) is 5.92 Å². The van der Waals surface area contributed by atoms with Crippen LogP contribution in [0.25, 0.3) is 11.4 Å². The van der Waals surface area contributed by atoms with Gasteiger partial charge < -0.3 is 23.3 Å². The Balaban J connectivity index is 1.78. The minimum absolute atomic E-state index is 0.531. The molecule has 10 heteroatoms.